The van der Waals surface area contributed by atoms with Gasteiger partial charge >= 0.3 is 5.97 Å². The van der Waals surface area contributed by atoms with Crippen molar-refractivity contribution in [1.29, 1.82) is 5.26 Å². The smallest absolute Gasteiger partial charge is 0.349 e. The molecule has 6 heteroatoms. The third-order valence-electron chi connectivity index (χ3n) is 3.21. The van der Waals surface area contributed by atoms with Crippen LogP contribution in [0.15, 0.2) is 34.8 Å². The molecule has 0 atom stereocenters. The summed E-state index contributed by atoms with van der Waals surface area (Å²) in [5, 5.41) is 9.03. The van der Waals surface area contributed by atoms with E-state index in [1.165, 1.54) is 6.07 Å². The zero-order valence-corrected chi connectivity index (χ0v) is 15.8. The quantitative estimate of drug-likeness (QED) is 0.530. The molecule has 2 aromatic rings. The molecule has 2 rings (SSSR count). The van der Waals surface area contributed by atoms with E-state index in [0.717, 1.165) is 11.1 Å². The molecule has 130 valence electrons. The number of nitriles is 1. The van der Waals surface area contributed by atoms with E-state index in [1.807, 2.05) is 45.0 Å². The highest BCUT2D eigenvalue weighted by Crippen LogP contribution is 2.37. The van der Waals surface area contributed by atoms with Crippen LogP contribution in [0.3, 0.4) is 0 Å². The number of aryl methyl sites for hydroxylation is 2. The molecule has 0 radical (unpaired) electrons. The summed E-state index contributed by atoms with van der Waals surface area (Å²) in [4.78, 5) is 12.1. The molecular weight excluding hydrogens is 386 g/mol. The van der Waals surface area contributed by atoms with Crippen molar-refractivity contribution in [3.63, 3.8) is 0 Å². The van der Waals surface area contributed by atoms with Gasteiger partial charge in [0.25, 0.3) is 0 Å². The molecule has 0 heterocycles. The maximum absolute atomic E-state index is 12.1. The van der Waals surface area contributed by atoms with Crippen LogP contribution in [0.5, 0.6) is 17.2 Å². The molecule has 0 fully saturated rings. The average Bonchev–Trinajstić information content (AvgIpc) is 2.55. The van der Waals surface area contributed by atoms with E-state index in [2.05, 4.69) is 15.9 Å². The number of halogens is 1. The number of benzene rings is 2. The minimum Gasteiger partial charge on any atom is -0.490 e. The van der Waals surface area contributed by atoms with Crippen LogP contribution in [0, 0.1) is 25.2 Å². The number of carbonyl (C=O) groups is 1. The SMILES string of the molecule is CCOc1cc(C#N)cc(Br)c1OC(=O)COc1cc(C)cc(C)c1. The fourth-order valence-electron chi connectivity index (χ4n) is 2.30. The van der Waals surface area contributed by atoms with E-state index >= 15 is 0 Å². The standard InChI is InChI=1S/C19H18BrNO4/c1-4-23-17-9-14(10-21)8-16(20)19(17)25-18(22)11-24-15-6-12(2)5-13(3)7-15/h5-9H,4,11H2,1-3H3. The van der Waals surface area contributed by atoms with Gasteiger partial charge in [-0.3, -0.25) is 0 Å². The van der Waals surface area contributed by atoms with E-state index in [9.17, 15) is 4.79 Å². The number of carbonyl (C=O) groups excluding carboxylic acids is 1. The van der Waals surface area contributed by atoms with Crippen LogP contribution in [0.1, 0.15) is 23.6 Å². The largest absolute Gasteiger partial charge is 0.490 e. The van der Waals surface area contributed by atoms with Gasteiger partial charge in [-0.05, 0) is 66.0 Å². The fourth-order valence-corrected chi connectivity index (χ4v) is 2.82. The minimum absolute atomic E-state index is 0.231. The summed E-state index contributed by atoms with van der Waals surface area (Å²) in [6.07, 6.45) is 0. The number of hydrogen-bond donors (Lipinski definition) is 0. The molecule has 0 saturated heterocycles. The van der Waals surface area contributed by atoms with Gasteiger partial charge in [-0.15, -0.1) is 0 Å². The summed E-state index contributed by atoms with van der Waals surface area (Å²) in [7, 11) is 0. The predicted octanol–water partition coefficient (Wildman–Crippen LogP) is 4.32. The second kappa shape index (κ2) is 8.54. The van der Waals surface area contributed by atoms with Crippen molar-refractivity contribution < 1.29 is 19.0 Å². The molecule has 0 aromatic heterocycles. The summed E-state index contributed by atoms with van der Waals surface area (Å²) in [5.74, 6) is 0.604. The number of esters is 1. The first kappa shape index (κ1) is 18.8. The van der Waals surface area contributed by atoms with Gasteiger partial charge in [0.1, 0.15) is 5.75 Å². The molecule has 0 spiro atoms. The third-order valence-corrected chi connectivity index (χ3v) is 3.80. The van der Waals surface area contributed by atoms with E-state index in [4.69, 9.17) is 19.5 Å². The summed E-state index contributed by atoms with van der Waals surface area (Å²) in [5.41, 5.74) is 2.51. The Balaban J connectivity index is 2.10. The molecule has 0 aliphatic heterocycles. The number of ether oxygens (including phenoxy) is 3. The molecule has 5 nitrogen and oxygen atoms in total. The van der Waals surface area contributed by atoms with E-state index < -0.39 is 5.97 Å². The Morgan fingerprint density at radius 2 is 1.80 bits per heavy atom. The van der Waals surface area contributed by atoms with E-state index in [-0.39, 0.29) is 12.4 Å². The van der Waals surface area contributed by atoms with Crippen molar-refractivity contribution in [2.24, 2.45) is 0 Å². The lowest BCUT2D eigenvalue weighted by molar-refractivity contribution is -0.136. The Hall–Kier alpha value is -2.52. The Bertz CT molecular complexity index is 807. The first-order valence-electron chi connectivity index (χ1n) is 7.71. The van der Waals surface area contributed by atoms with Crippen molar-refractivity contribution in [2.45, 2.75) is 20.8 Å². The van der Waals surface area contributed by atoms with Gasteiger partial charge < -0.3 is 14.2 Å². The third kappa shape index (κ3) is 5.23. The van der Waals surface area contributed by atoms with E-state index in [1.54, 1.807) is 6.07 Å². The molecule has 0 unspecified atom stereocenters. The maximum Gasteiger partial charge on any atom is 0.349 e. The van der Waals surface area contributed by atoms with Gasteiger partial charge in [0.05, 0.1) is 22.7 Å². The van der Waals surface area contributed by atoms with Crippen LogP contribution >= 0.6 is 15.9 Å². The first-order chi connectivity index (χ1) is 11.9. The van der Waals surface area contributed by atoms with Crippen LogP contribution in [-0.4, -0.2) is 19.2 Å². The average molecular weight is 404 g/mol. The van der Waals surface area contributed by atoms with Crippen molar-refractivity contribution in [3.05, 3.63) is 51.5 Å². The highest BCUT2D eigenvalue weighted by atomic mass is 79.9. The second-order valence-electron chi connectivity index (χ2n) is 5.42. The number of hydrogen-bond acceptors (Lipinski definition) is 5. The van der Waals surface area contributed by atoms with Gasteiger partial charge in [0, 0.05) is 6.07 Å². The van der Waals surface area contributed by atoms with Crippen LogP contribution < -0.4 is 14.2 Å². The zero-order chi connectivity index (χ0) is 18.4. The van der Waals surface area contributed by atoms with Crippen LogP contribution in [-0.2, 0) is 4.79 Å². The van der Waals surface area contributed by atoms with Gasteiger partial charge in [0.2, 0.25) is 0 Å². The highest BCUT2D eigenvalue weighted by Gasteiger charge is 2.16. The lowest BCUT2D eigenvalue weighted by Crippen LogP contribution is -2.18. The van der Waals surface area contributed by atoms with Crippen LogP contribution in [0.25, 0.3) is 0 Å². The van der Waals surface area contributed by atoms with Gasteiger partial charge in [-0.25, -0.2) is 4.79 Å². The van der Waals surface area contributed by atoms with Crippen molar-refractivity contribution in [1.82, 2.24) is 0 Å². The second-order valence-corrected chi connectivity index (χ2v) is 6.27. The topological polar surface area (TPSA) is 68.5 Å². The summed E-state index contributed by atoms with van der Waals surface area (Å²) >= 11 is 3.30. The Labute approximate surface area is 155 Å². The Kier molecular flexibility index (Phi) is 6.43. The van der Waals surface area contributed by atoms with Gasteiger partial charge in [-0.1, -0.05) is 6.07 Å². The minimum atomic E-state index is -0.564. The molecule has 0 saturated carbocycles. The van der Waals surface area contributed by atoms with Crippen molar-refractivity contribution >= 4 is 21.9 Å². The van der Waals surface area contributed by atoms with Gasteiger partial charge in [0.15, 0.2) is 18.1 Å². The highest BCUT2D eigenvalue weighted by molar-refractivity contribution is 9.10. The van der Waals surface area contributed by atoms with Gasteiger partial charge in [-0.2, -0.15) is 5.26 Å². The molecule has 2 aromatic carbocycles. The Morgan fingerprint density at radius 1 is 1.12 bits per heavy atom. The van der Waals surface area contributed by atoms with Crippen molar-refractivity contribution in [3.8, 4) is 23.3 Å². The molecule has 25 heavy (non-hydrogen) atoms. The van der Waals surface area contributed by atoms with Crippen LogP contribution in [0.4, 0.5) is 0 Å². The molecule has 0 amide bonds. The summed E-state index contributed by atoms with van der Waals surface area (Å²) < 4.78 is 16.8. The normalized spacial score (nSPS) is 10.0. The number of nitrogens with zero attached hydrogens (tertiary/aromatic N) is 1. The maximum atomic E-state index is 12.1. The first-order valence-corrected chi connectivity index (χ1v) is 8.50. The molecule has 0 bridgehead atoms. The van der Waals surface area contributed by atoms with E-state index in [0.29, 0.717) is 28.1 Å². The lowest BCUT2D eigenvalue weighted by Gasteiger charge is -2.13. The summed E-state index contributed by atoms with van der Waals surface area (Å²) in [6, 6.07) is 10.8. The lowest BCUT2D eigenvalue weighted by atomic mass is 10.1. The number of rotatable bonds is 6. The zero-order valence-electron chi connectivity index (χ0n) is 14.3. The monoisotopic (exact) mass is 403 g/mol. The fraction of sp³-hybridized carbons (Fsp3) is 0.263. The van der Waals surface area contributed by atoms with Crippen molar-refractivity contribution in [2.75, 3.05) is 13.2 Å². The Morgan fingerprint density at radius 3 is 2.40 bits per heavy atom. The predicted molar refractivity (Wildman–Crippen MR) is 97.1 cm³/mol. The molecule has 0 aliphatic rings. The van der Waals surface area contributed by atoms with Crippen LogP contribution in [0.2, 0.25) is 0 Å². The summed E-state index contributed by atoms with van der Waals surface area (Å²) in [6.45, 7) is 5.87. The molecule has 0 aliphatic carbocycles. The molecular formula is C19H18BrNO4. The molecule has 0 N–H and O–H groups in total.